The van der Waals surface area contributed by atoms with Crippen LogP contribution in [0.25, 0.3) is 10.9 Å². The van der Waals surface area contributed by atoms with Crippen LogP contribution in [0.4, 0.5) is 0 Å². The number of nitrogens with one attached hydrogen (secondary N) is 8. The molecule has 0 saturated heterocycles. The number of benzene rings is 3. The van der Waals surface area contributed by atoms with Crippen molar-refractivity contribution in [3.05, 3.63) is 102 Å². The average molecular weight is 1070 g/mol. The van der Waals surface area contributed by atoms with Gasteiger partial charge in [0.25, 0.3) is 0 Å². The first-order valence-electron chi connectivity index (χ1n) is 22.6. The van der Waals surface area contributed by atoms with Crippen LogP contribution in [-0.4, -0.2) is 143 Å². The monoisotopic (exact) mass is 1070 g/mol. The molecule has 0 fully saturated rings. The number of hydrogen-bond acceptors (Lipinski definition) is 14. The van der Waals surface area contributed by atoms with E-state index in [1.54, 1.807) is 73.3 Å². The van der Waals surface area contributed by atoms with E-state index >= 15 is 0 Å². The van der Waals surface area contributed by atoms with Crippen LogP contribution in [0.1, 0.15) is 42.9 Å². The molecule has 0 aliphatic carbocycles. The van der Waals surface area contributed by atoms with Gasteiger partial charge in [-0.05, 0) is 71.7 Å². The zero-order valence-electron chi connectivity index (χ0n) is 40.0. The number of amides is 8. The third-order valence-electron chi connectivity index (χ3n) is 10.9. The predicted molar refractivity (Wildman–Crippen MR) is 272 cm³/mol. The minimum atomic E-state index is -4.79. The molecule has 12 N–H and O–H groups in total. The number of fused-ring (bicyclic) bond motifs is 1. The Morgan fingerprint density at radius 2 is 1.14 bits per heavy atom. The highest BCUT2D eigenvalue weighted by molar-refractivity contribution is 7.98. The molecule has 0 aliphatic rings. The molecule has 1 heterocycles. The fourth-order valence-corrected chi connectivity index (χ4v) is 8.61. The molecular weight excluding hydrogens is 1010 g/mol. The van der Waals surface area contributed by atoms with Crippen LogP contribution in [0.3, 0.4) is 0 Å². The molecule has 4 aromatic rings. The number of nitrogens with two attached hydrogens (primary N) is 1. The second-order valence-corrected chi connectivity index (χ2v) is 19.5. The lowest BCUT2D eigenvalue weighted by atomic mass is 10.0. The van der Waals surface area contributed by atoms with Gasteiger partial charge in [-0.1, -0.05) is 60.7 Å². The maximum absolute atomic E-state index is 14.3. The Morgan fingerprint density at radius 1 is 0.630 bits per heavy atom. The highest BCUT2D eigenvalue weighted by Gasteiger charge is 2.33. The molecular formula is C47H59N9O14S3. The molecule has 8 amide bonds. The highest BCUT2D eigenvalue weighted by Crippen LogP contribution is 2.20. The number of thioether (sulfide) groups is 2. The first kappa shape index (κ1) is 58.4. The number of aromatic amines is 1. The zero-order valence-corrected chi connectivity index (χ0v) is 42.5. The van der Waals surface area contributed by atoms with Gasteiger partial charge < -0.3 is 57.2 Å². The third kappa shape index (κ3) is 20.1. The smallest absolute Gasteiger partial charge is 0.446 e. The number of hydrogen-bond donors (Lipinski definition) is 11. The fraction of sp³-hybridized carbons (Fsp3) is 0.383. The molecule has 394 valence electrons. The van der Waals surface area contributed by atoms with Crippen LogP contribution in [-0.2, 0) is 72.8 Å². The van der Waals surface area contributed by atoms with Crippen molar-refractivity contribution in [2.24, 2.45) is 5.73 Å². The van der Waals surface area contributed by atoms with Gasteiger partial charge in [-0.25, -0.2) is 0 Å². The second-order valence-electron chi connectivity index (χ2n) is 16.5. The molecule has 23 nitrogen and oxygen atoms in total. The summed E-state index contributed by atoms with van der Waals surface area (Å²) in [6.45, 7) is 0.496. The van der Waals surface area contributed by atoms with Crippen LogP contribution in [0.2, 0.25) is 0 Å². The van der Waals surface area contributed by atoms with E-state index < -0.39 is 113 Å². The number of para-hydroxylation sites is 1. The van der Waals surface area contributed by atoms with Gasteiger partial charge in [-0.3, -0.25) is 47.7 Å². The summed E-state index contributed by atoms with van der Waals surface area (Å²) in [7, 11) is -4.79. The largest absolute Gasteiger partial charge is 0.481 e. The normalized spacial score (nSPS) is 13.6. The van der Waals surface area contributed by atoms with Crippen molar-refractivity contribution in [3.8, 4) is 5.75 Å². The van der Waals surface area contributed by atoms with E-state index in [2.05, 4.69) is 46.4 Å². The lowest BCUT2D eigenvalue weighted by Gasteiger charge is -2.26. The summed E-state index contributed by atoms with van der Waals surface area (Å²) in [6.07, 6.45) is 4.09. The van der Waals surface area contributed by atoms with E-state index in [4.69, 9.17) is 10.3 Å². The predicted octanol–water partition coefficient (Wildman–Crippen LogP) is -0.111. The minimum absolute atomic E-state index is 0.00782. The number of carbonyl (C=O) groups excluding carboxylic acids is 8. The van der Waals surface area contributed by atoms with Crippen molar-refractivity contribution in [3.63, 3.8) is 0 Å². The number of carboxylic acid groups (broad SMARTS) is 1. The Kier molecular flexibility index (Phi) is 23.0. The molecule has 3 aromatic carbocycles. The molecule has 0 radical (unpaired) electrons. The number of H-pyrrole nitrogens is 1. The molecule has 1 aromatic heterocycles. The summed E-state index contributed by atoms with van der Waals surface area (Å²) in [5, 5.41) is 28.1. The van der Waals surface area contributed by atoms with Crippen LogP contribution >= 0.6 is 23.5 Å². The molecule has 73 heavy (non-hydrogen) atoms. The van der Waals surface area contributed by atoms with Gasteiger partial charge in [-0.2, -0.15) is 31.9 Å². The van der Waals surface area contributed by atoms with Crippen LogP contribution in [0, 0.1) is 0 Å². The number of carboxylic acids is 1. The molecule has 0 bridgehead atoms. The van der Waals surface area contributed by atoms with Crippen LogP contribution in [0.5, 0.6) is 5.75 Å². The van der Waals surface area contributed by atoms with Crippen molar-refractivity contribution in [2.45, 2.75) is 81.7 Å². The quantitative estimate of drug-likeness (QED) is 0.0304. The van der Waals surface area contributed by atoms with Gasteiger partial charge in [0.1, 0.15) is 42.0 Å². The summed E-state index contributed by atoms with van der Waals surface area (Å²) >= 11 is 2.70. The van der Waals surface area contributed by atoms with E-state index in [0.717, 1.165) is 10.9 Å². The Bertz CT molecular complexity index is 2690. The zero-order chi connectivity index (χ0) is 53.7. The number of rotatable bonds is 30. The number of primary amides is 1. The van der Waals surface area contributed by atoms with Gasteiger partial charge in [0.15, 0.2) is 0 Å². The summed E-state index contributed by atoms with van der Waals surface area (Å²) in [4.78, 5) is 122. The molecule has 0 spiro atoms. The van der Waals surface area contributed by atoms with Crippen LogP contribution < -0.4 is 47.1 Å². The first-order valence-corrected chi connectivity index (χ1v) is 26.7. The Morgan fingerprint density at radius 3 is 1.71 bits per heavy atom. The van der Waals surface area contributed by atoms with Crippen molar-refractivity contribution < 1.29 is 65.4 Å². The minimum Gasteiger partial charge on any atom is -0.481 e. The third-order valence-corrected chi connectivity index (χ3v) is 12.6. The molecule has 0 saturated carbocycles. The van der Waals surface area contributed by atoms with E-state index in [1.807, 2.05) is 0 Å². The summed E-state index contributed by atoms with van der Waals surface area (Å²) < 4.78 is 35.6. The van der Waals surface area contributed by atoms with E-state index in [-0.39, 0.29) is 37.9 Å². The van der Waals surface area contributed by atoms with Crippen molar-refractivity contribution in [1.29, 1.82) is 0 Å². The standard InChI is InChI=1S/C47H59N9O14S3/c1-27(57)51-37(22-29-13-15-31(16-14-29)70-73(67,68)69)45(64)53-34(17-19-71-2)43(62)50-26-40(58)52-38(23-30-25-49-33-12-8-7-11-32(30)33)46(65)54-35(18-20-72-3)44(63)56-39(24-41(59)60)47(66)55-36(42(48)61)21-28-9-5-4-6-10-28/h4-16,25,34-39,49H,17-24,26H2,1-3H3,(H2,48,61)(H,50,62)(H,51,57)(H,52,58)(H,53,64)(H,54,65)(H,55,66)(H,56,63)(H,59,60)(H,67,68,69)/t34-,35-,36+,37+,38+,39+/m1/s1. The lowest BCUT2D eigenvalue weighted by Crippen LogP contribution is -2.59. The number of aromatic nitrogens is 1. The van der Waals surface area contributed by atoms with Crippen molar-refractivity contribution >= 4 is 98.1 Å². The van der Waals surface area contributed by atoms with E-state index in [9.17, 15) is 56.7 Å². The second kappa shape index (κ2) is 28.8. The molecule has 6 atom stereocenters. The molecule has 0 unspecified atom stereocenters. The Hall–Kier alpha value is -7.16. The highest BCUT2D eigenvalue weighted by atomic mass is 32.3. The summed E-state index contributed by atoms with van der Waals surface area (Å²) in [5.74, 6) is -7.64. The van der Waals surface area contributed by atoms with E-state index in [1.165, 1.54) is 54.7 Å². The van der Waals surface area contributed by atoms with Gasteiger partial charge in [0.2, 0.25) is 47.3 Å². The average Bonchev–Trinajstić information content (AvgIpc) is 3.74. The SMILES string of the molecule is CSCC[C@@H](NC(=O)[C@H](Cc1ccc(OS(=O)(=O)O)cc1)NC(C)=O)C(=O)NCC(=O)N[C@@H](Cc1c[nH]c2ccccc12)C(=O)N[C@H](CCSC)C(=O)N[C@@H](CC(=O)O)C(=O)N[C@@H](Cc1ccccc1)C(N)=O. The van der Waals surface area contributed by atoms with E-state index in [0.29, 0.717) is 28.2 Å². The first-order chi connectivity index (χ1) is 34.7. The number of aliphatic carboxylic acids is 1. The van der Waals surface area contributed by atoms with Gasteiger partial charge in [0.05, 0.1) is 13.0 Å². The van der Waals surface area contributed by atoms with Gasteiger partial charge >= 0.3 is 16.4 Å². The fourth-order valence-electron chi connectivity index (χ4n) is 7.31. The van der Waals surface area contributed by atoms with Crippen molar-refractivity contribution in [2.75, 3.05) is 30.6 Å². The number of carbonyl (C=O) groups is 9. The van der Waals surface area contributed by atoms with Gasteiger partial charge in [-0.15, -0.1) is 0 Å². The van der Waals surface area contributed by atoms with Gasteiger partial charge in [0, 0.05) is 43.3 Å². The molecule has 4 rings (SSSR count). The lowest BCUT2D eigenvalue weighted by molar-refractivity contribution is -0.141. The Labute approximate surface area is 429 Å². The summed E-state index contributed by atoms with van der Waals surface area (Å²) in [6, 6.07) is 12.8. The van der Waals surface area contributed by atoms with Crippen LogP contribution in [0.15, 0.2) is 85.1 Å². The molecule has 26 heteroatoms. The molecule has 0 aliphatic heterocycles. The Balaban J connectivity index is 1.51. The summed E-state index contributed by atoms with van der Waals surface area (Å²) in [5.41, 5.74) is 7.98. The maximum atomic E-state index is 14.3. The topological polar surface area (TPSA) is 363 Å². The van der Waals surface area contributed by atoms with Crippen molar-refractivity contribution in [1.82, 2.24) is 42.2 Å². The maximum Gasteiger partial charge on any atom is 0.446 e.